The van der Waals surface area contributed by atoms with Gasteiger partial charge < -0.3 is 11.5 Å². The van der Waals surface area contributed by atoms with Gasteiger partial charge in [-0.15, -0.1) is 0 Å². The average Bonchev–Trinajstić information content (AvgIpc) is 2.31. The zero-order valence-electron chi connectivity index (χ0n) is 7.46. The van der Waals surface area contributed by atoms with Crippen LogP contribution in [0.5, 0.6) is 0 Å². The van der Waals surface area contributed by atoms with Crippen LogP contribution in [0.3, 0.4) is 0 Å². The summed E-state index contributed by atoms with van der Waals surface area (Å²) in [6.45, 7) is 3.82. The van der Waals surface area contributed by atoms with E-state index in [-0.39, 0.29) is 0 Å². The summed E-state index contributed by atoms with van der Waals surface area (Å²) in [7, 11) is 0. The van der Waals surface area contributed by atoms with Crippen LogP contribution in [0.4, 0.5) is 10.0 Å². The number of nitrogen functional groups attached to an aromatic ring is 2. The Bertz CT molecular complexity index is 432. The smallest absolute Gasteiger partial charge is 0.125 e. The van der Waals surface area contributed by atoms with Crippen LogP contribution in [-0.2, 0) is 0 Å². The summed E-state index contributed by atoms with van der Waals surface area (Å²) >= 11 is 1.33. The molecule has 4 N–H and O–H groups in total. The molecule has 13 heavy (non-hydrogen) atoms. The maximum atomic E-state index is 5.73. The number of anilines is 2. The lowest BCUT2D eigenvalue weighted by Gasteiger charge is -1.98. The summed E-state index contributed by atoms with van der Waals surface area (Å²) < 4.78 is 0. The van der Waals surface area contributed by atoms with E-state index in [1.54, 1.807) is 0 Å². The van der Waals surface area contributed by atoms with Crippen LogP contribution in [0, 0.1) is 13.8 Å². The maximum absolute atomic E-state index is 5.73. The molecule has 5 heteroatoms. The molecule has 2 aromatic heterocycles. The molecule has 0 saturated carbocycles. The molecule has 0 spiro atoms. The number of nitrogens with zero attached hydrogens (tertiary/aromatic N) is 2. The van der Waals surface area contributed by atoms with Gasteiger partial charge in [-0.2, -0.15) is 0 Å². The first kappa shape index (κ1) is 8.25. The van der Waals surface area contributed by atoms with Crippen molar-refractivity contribution in [2.45, 2.75) is 13.8 Å². The maximum Gasteiger partial charge on any atom is 0.125 e. The summed E-state index contributed by atoms with van der Waals surface area (Å²) in [5.41, 5.74) is 14.7. The van der Waals surface area contributed by atoms with Gasteiger partial charge in [0.25, 0.3) is 0 Å². The molecule has 2 heterocycles. The van der Waals surface area contributed by atoms with Crippen LogP contribution in [0.15, 0.2) is 0 Å². The number of hydrogen-bond acceptors (Lipinski definition) is 5. The first-order chi connectivity index (χ1) is 6.09. The molecule has 0 radical (unpaired) electrons. The largest absolute Gasteiger partial charge is 0.389 e. The molecule has 0 aliphatic heterocycles. The van der Waals surface area contributed by atoms with Crippen LogP contribution in [0.25, 0.3) is 11.0 Å². The first-order valence-electron chi connectivity index (χ1n) is 3.88. The van der Waals surface area contributed by atoms with Crippen molar-refractivity contribution in [2.24, 2.45) is 0 Å². The minimum atomic E-state index is 0.642. The predicted molar refractivity (Wildman–Crippen MR) is 55.7 cm³/mol. The van der Waals surface area contributed by atoms with Crippen molar-refractivity contribution in [1.82, 2.24) is 9.97 Å². The van der Waals surface area contributed by atoms with Gasteiger partial charge in [-0.25, -0.2) is 9.97 Å². The number of hydrogen-bond donors (Lipinski definition) is 2. The van der Waals surface area contributed by atoms with Crippen LogP contribution in [-0.4, -0.2) is 9.97 Å². The highest BCUT2D eigenvalue weighted by Crippen LogP contribution is 2.33. The lowest BCUT2D eigenvalue weighted by atomic mass is 10.3. The van der Waals surface area contributed by atoms with Gasteiger partial charge in [-0.05, 0) is 13.8 Å². The van der Waals surface area contributed by atoms with Gasteiger partial charge in [-0.1, -0.05) is 11.3 Å². The highest BCUT2D eigenvalue weighted by atomic mass is 32.1. The topological polar surface area (TPSA) is 77.8 Å². The molecular weight excluding hydrogens is 184 g/mol. The molecule has 0 aliphatic rings. The SMILES string of the molecule is Cc1nc2c(N)sc(N)c2nc1C. The van der Waals surface area contributed by atoms with E-state index < -0.39 is 0 Å². The Morgan fingerprint density at radius 1 is 0.923 bits per heavy atom. The van der Waals surface area contributed by atoms with Crippen molar-refractivity contribution in [3.8, 4) is 0 Å². The highest BCUT2D eigenvalue weighted by molar-refractivity contribution is 7.21. The fourth-order valence-corrected chi connectivity index (χ4v) is 1.88. The van der Waals surface area contributed by atoms with Gasteiger partial charge >= 0.3 is 0 Å². The second kappa shape index (κ2) is 2.56. The highest BCUT2D eigenvalue weighted by Gasteiger charge is 2.10. The third-order valence-electron chi connectivity index (χ3n) is 1.99. The summed E-state index contributed by atoms with van der Waals surface area (Å²) in [6, 6.07) is 0. The minimum Gasteiger partial charge on any atom is -0.389 e. The molecule has 0 atom stereocenters. The molecule has 0 fully saturated rings. The Labute approximate surface area is 79.6 Å². The Morgan fingerprint density at radius 3 is 1.69 bits per heavy atom. The van der Waals surface area contributed by atoms with Crippen molar-refractivity contribution >= 4 is 32.4 Å². The third-order valence-corrected chi connectivity index (χ3v) is 2.82. The van der Waals surface area contributed by atoms with E-state index in [2.05, 4.69) is 9.97 Å². The molecule has 0 unspecified atom stereocenters. The first-order valence-corrected chi connectivity index (χ1v) is 4.70. The summed E-state index contributed by atoms with van der Waals surface area (Å²) in [4.78, 5) is 8.68. The fraction of sp³-hybridized carbons (Fsp3) is 0.250. The lowest BCUT2D eigenvalue weighted by Crippen LogP contribution is -1.94. The second-order valence-corrected chi connectivity index (χ2v) is 4.01. The monoisotopic (exact) mass is 194 g/mol. The summed E-state index contributed by atoms with van der Waals surface area (Å²) in [5.74, 6) is 0. The number of nitrogens with two attached hydrogens (primary N) is 2. The minimum absolute atomic E-state index is 0.642. The van der Waals surface area contributed by atoms with Gasteiger partial charge in [0.1, 0.15) is 21.0 Å². The lowest BCUT2D eigenvalue weighted by molar-refractivity contribution is 1.11. The standard InChI is InChI=1S/C8H10N4S/c1-3-4(2)12-6-5(11-3)7(9)13-8(6)10/h9-10H2,1-2H3. The normalized spacial score (nSPS) is 10.9. The quantitative estimate of drug-likeness (QED) is 0.665. The predicted octanol–water partition coefficient (Wildman–Crippen LogP) is 1.47. The van der Waals surface area contributed by atoms with Crippen molar-refractivity contribution < 1.29 is 0 Å². The molecule has 0 aliphatic carbocycles. The zero-order valence-corrected chi connectivity index (χ0v) is 8.27. The van der Waals surface area contributed by atoms with E-state index in [9.17, 15) is 0 Å². The Kier molecular flexibility index (Phi) is 1.63. The molecule has 0 aromatic carbocycles. The van der Waals surface area contributed by atoms with E-state index >= 15 is 0 Å². The summed E-state index contributed by atoms with van der Waals surface area (Å²) in [6.07, 6.45) is 0. The van der Waals surface area contributed by atoms with Crippen molar-refractivity contribution in [3.05, 3.63) is 11.4 Å². The zero-order chi connectivity index (χ0) is 9.59. The molecule has 68 valence electrons. The van der Waals surface area contributed by atoms with Gasteiger partial charge in [-0.3, -0.25) is 0 Å². The van der Waals surface area contributed by atoms with Crippen LogP contribution >= 0.6 is 11.3 Å². The number of aryl methyl sites for hydroxylation is 2. The van der Waals surface area contributed by atoms with Gasteiger partial charge in [0.15, 0.2) is 0 Å². The Hall–Kier alpha value is -1.36. The second-order valence-electron chi connectivity index (χ2n) is 2.92. The molecule has 4 nitrogen and oxygen atoms in total. The van der Waals surface area contributed by atoms with Crippen LogP contribution < -0.4 is 11.5 Å². The molecule has 0 saturated heterocycles. The summed E-state index contributed by atoms with van der Waals surface area (Å²) in [5, 5.41) is 1.28. The third kappa shape index (κ3) is 1.12. The van der Waals surface area contributed by atoms with Crippen molar-refractivity contribution in [1.29, 1.82) is 0 Å². The van der Waals surface area contributed by atoms with E-state index in [0.29, 0.717) is 10.0 Å². The van der Waals surface area contributed by atoms with Crippen molar-refractivity contribution in [2.75, 3.05) is 11.5 Å². The van der Waals surface area contributed by atoms with Gasteiger partial charge in [0.2, 0.25) is 0 Å². The van der Waals surface area contributed by atoms with E-state index in [4.69, 9.17) is 11.5 Å². The molecular formula is C8H10N4S. The molecule has 0 bridgehead atoms. The van der Waals surface area contributed by atoms with E-state index in [1.807, 2.05) is 13.8 Å². The average molecular weight is 194 g/mol. The Balaban J connectivity index is 2.91. The van der Waals surface area contributed by atoms with Crippen molar-refractivity contribution in [3.63, 3.8) is 0 Å². The van der Waals surface area contributed by atoms with Gasteiger partial charge in [0, 0.05) is 0 Å². The van der Waals surface area contributed by atoms with Crippen LogP contribution in [0.2, 0.25) is 0 Å². The molecule has 2 aromatic rings. The van der Waals surface area contributed by atoms with E-state index in [0.717, 1.165) is 22.4 Å². The van der Waals surface area contributed by atoms with Gasteiger partial charge in [0.05, 0.1) is 11.4 Å². The fourth-order valence-electron chi connectivity index (χ4n) is 1.16. The van der Waals surface area contributed by atoms with Crippen LogP contribution in [0.1, 0.15) is 11.4 Å². The van der Waals surface area contributed by atoms with E-state index in [1.165, 1.54) is 11.3 Å². The number of rotatable bonds is 0. The number of fused-ring (bicyclic) bond motifs is 1. The molecule has 2 rings (SSSR count). The number of aromatic nitrogens is 2. The molecule has 0 amide bonds. The Morgan fingerprint density at radius 2 is 1.31 bits per heavy atom. The number of thiophene rings is 1.